The molecule has 0 N–H and O–H groups in total. The van der Waals surface area contributed by atoms with Crippen LogP contribution in [-0.2, 0) is 10.0 Å². The first kappa shape index (κ1) is 18.6. The fourth-order valence-electron chi connectivity index (χ4n) is 3.26. The zero-order chi connectivity index (χ0) is 19.7. The van der Waals surface area contributed by atoms with E-state index in [-0.39, 0.29) is 10.2 Å². The second kappa shape index (κ2) is 7.36. The number of aromatic nitrogens is 2. The van der Waals surface area contributed by atoms with Crippen LogP contribution in [0.15, 0.2) is 53.4 Å². The third kappa shape index (κ3) is 3.40. The van der Waals surface area contributed by atoms with Gasteiger partial charge in [0, 0.05) is 31.6 Å². The first-order chi connectivity index (χ1) is 13.5. The van der Waals surface area contributed by atoms with Crippen LogP contribution in [0.2, 0.25) is 5.28 Å². The molecule has 142 valence electrons. The summed E-state index contributed by atoms with van der Waals surface area (Å²) >= 11 is 6.07. The molecule has 3 aromatic rings. The molecule has 0 unspecified atom stereocenters. The van der Waals surface area contributed by atoms with Gasteiger partial charge in [-0.25, -0.2) is 13.4 Å². The molecule has 0 spiro atoms. The fourth-order valence-corrected chi connectivity index (χ4v) is 4.86. The van der Waals surface area contributed by atoms with E-state index in [4.69, 9.17) is 16.9 Å². The zero-order valence-electron chi connectivity index (χ0n) is 14.8. The molecule has 0 aliphatic carbocycles. The lowest BCUT2D eigenvalue weighted by Gasteiger charge is -2.35. The van der Waals surface area contributed by atoms with Gasteiger partial charge in [0.2, 0.25) is 15.3 Å². The average Bonchev–Trinajstić information content (AvgIpc) is 2.73. The van der Waals surface area contributed by atoms with E-state index in [1.165, 1.54) is 28.6 Å². The molecule has 0 radical (unpaired) electrons. The standard InChI is InChI=1S/C19H16ClN5O2S/c20-19-22-17-4-2-1-3-16(17)18(23-19)24-9-11-25(12-10-24)28(26,27)15-7-5-14(13-21)6-8-15/h1-8H,9-12H2. The van der Waals surface area contributed by atoms with Crippen molar-refractivity contribution in [1.82, 2.24) is 14.3 Å². The van der Waals surface area contributed by atoms with Crippen LogP contribution in [0.4, 0.5) is 5.82 Å². The Labute approximate surface area is 167 Å². The van der Waals surface area contributed by atoms with Crippen molar-refractivity contribution in [3.05, 3.63) is 59.4 Å². The summed E-state index contributed by atoms with van der Waals surface area (Å²) in [6, 6.07) is 15.6. The summed E-state index contributed by atoms with van der Waals surface area (Å²) in [6.07, 6.45) is 0. The topological polar surface area (TPSA) is 90.2 Å². The van der Waals surface area contributed by atoms with Crippen LogP contribution in [0.3, 0.4) is 0 Å². The Bertz CT molecular complexity index is 1170. The number of hydrogen-bond acceptors (Lipinski definition) is 6. The highest BCUT2D eigenvalue weighted by Gasteiger charge is 2.29. The molecule has 1 fully saturated rings. The lowest BCUT2D eigenvalue weighted by Crippen LogP contribution is -2.49. The average molecular weight is 414 g/mol. The van der Waals surface area contributed by atoms with E-state index in [0.717, 1.165) is 10.9 Å². The van der Waals surface area contributed by atoms with Crippen molar-refractivity contribution in [2.75, 3.05) is 31.1 Å². The van der Waals surface area contributed by atoms with Crippen molar-refractivity contribution in [3.63, 3.8) is 0 Å². The summed E-state index contributed by atoms with van der Waals surface area (Å²) < 4.78 is 27.2. The van der Waals surface area contributed by atoms with Crippen molar-refractivity contribution < 1.29 is 8.42 Å². The molecule has 0 amide bonds. The number of hydrogen-bond donors (Lipinski definition) is 0. The van der Waals surface area contributed by atoms with Gasteiger partial charge in [-0.2, -0.15) is 14.6 Å². The third-order valence-corrected chi connectivity index (χ3v) is 6.80. The second-order valence-electron chi connectivity index (χ2n) is 6.36. The van der Waals surface area contributed by atoms with E-state index < -0.39 is 10.0 Å². The Morgan fingerprint density at radius 2 is 1.64 bits per heavy atom. The van der Waals surface area contributed by atoms with Crippen molar-refractivity contribution in [2.24, 2.45) is 0 Å². The summed E-state index contributed by atoms with van der Waals surface area (Å²) in [5.74, 6) is 0.714. The second-order valence-corrected chi connectivity index (χ2v) is 8.64. The highest BCUT2D eigenvalue weighted by atomic mass is 35.5. The molecule has 2 heterocycles. The molecule has 0 saturated carbocycles. The quantitative estimate of drug-likeness (QED) is 0.613. The minimum Gasteiger partial charge on any atom is -0.353 e. The van der Waals surface area contributed by atoms with Crippen molar-refractivity contribution in [1.29, 1.82) is 5.26 Å². The van der Waals surface area contributed by atoms with Crippen molar-refractivity contribution >= 4 is 38.3 Å². The molecule has 1 aliphatic heterocycles. The lowest BCUT2D eigenvalue weighted by atomic mass is 10.2. The molecule has 7 nitrogen and oxygen atoms in total. The number of halogens is 1. The maximum atomic E-state index is 12.9. The lowest BCUT2D eigenvalue weighted by molar-refractivity contribution is 0.384. The molecule has 0 atom stereocenters. The smallest absolute Gasteiger partial charge is 0.243 e. The van der Waals surface area contributed by atoms with Gasteiger partial charge in [0.1, 0.15) is 5.82 Å². The third-order valence-electron chi connectivity index (χ3n) is 4.72. The summed E-state index contributed by atoms with van der Waals surface area (Å²) in [5, 5.41) is 9.93. The number of fused-ring (bicyclic) bond motifs is 1. The number of piperazine rings is 1. The number of sulfonamides is 1. The SMILES string of the molecule is N#Cc1ccc(S(=O)(=O)N2CCN(c3nc(Cl)nc4ccccc34)CC2)cc1. The van der Waals surface area contributed by atoms with Gasteiger partial charge in [-0.1, -0.05) is 12.1 Å². The van der Waals surface area contributed by atoms with Crippen LogP contribution in [0, 0.1) is 11.3 Å². The van der Waals surface area contributed by atoms with E-state index in [0.29, 0.717) is 37.6 Å². The molecule has 0 bridgehead atoms. The molecule has 1 aromatic heterocycles. The minimum atomic E-state index is -3.60. The zero-order valence-corrected chi connectivity index (χ0v) is 16.4. The molecule has 1 saturated heterocycles. The van der Waals surface area contributed by atoms with Gasteiger partial charge in [-0.3, -0.25) is 0 Å². The molecule has 2 aromatic carbocycles. The number of rotatable bonds is 3. The Morgan fingerprint density at radius 3 is 2.32 bits per heavy atom. The highest BCUT2D eigenvalue weighted by molar-refractivity contribution is 7.89. The summed E-state index contributed by atoms with van der Waals surface area (Å²) in [4.78, 5) is 10.8. The Hall–Kier alpha value is -2.73. The van der Waals surface area contributed by atoms with Gasteiger partial charge in [-0.15, -0.1) is 0 Å². The predicted octanol–water partition coefficient (Wildman–Crippen LogP) is 2.67. The van der Waals surface area contributed by atoms with Crippen LogP contribution >= 0.6 is 11.6 Å². The molecule has 9 heteroatoms. The predicted molar refractivity (Wildman–Crippen MR) is 107 cm³/mol. The summed E-state index contributed by atoms with van der Waals surface area (Å²) in [7, 11) is -3.60. The van der Waals surface area contributed by atoms with Crippen LogP contribution in [0.5, 0.6) is 0 Å². The van der Waals surface area contributed by atoms with Crippen LogP contribution in [-0.4, -0.2) is 48.9 Å². The number of nitriles is 1. The number of para-hydroxylation sites is 1. The van der Waals surface area contributed by atoms with Gasteiger partial charge in [-0.05, 0) is 48.0 Å². The first-order valence-corrected chi connectivity index (χ1v) is 10.5. The van der Waals surface area contributed by atoms with Gasteiger partial charge < -0.3 is 4.90 Å². The van der Waals surface area contributed by atoms with Gasteiger partial charge in [0.15, 0.2) is 0 Å². The summed E-state index contributed by atoms with van der Waals surface area (Å²) in [5.41, 5.74) is 1.18. The van der Waals surface area contributed by atoms with E-state index >= 15 is 0 Å². The van der Waals surface area contributed by atoms with Gasteiger partial charge in [0.05, 0.1) is 22.0 Å². The molecule has 1 aliphatic rings. The summed E-state index contributed by atoms with van der Waals surface area (Å²) in [6.45, 7) is 1.65. The molecule has 28 heavy (non-hydrogen) atoms. The van der Waals surface area contributed by atoms with E-state index in [1.54, 1.807) is 0 Å². The molecular formula is C19H16ClN5O2S. The Kier molecular flexibility index (Phi) is 4.89. The highest BCUT2D eigenvalue weighted by Crippen LogP contribution is 2.27. The van der Waals surface area contributed by atoms with Gasteiger partial charge in [0.25, 0.3) is 0 Å². The molecular weight excluding hydrogens is 398 g/mol. The van der Waals surface area contributed by atoms with E-state index in [9.17, 15) is 8.42 Å². The largest absolute Gasteiger partial charge is 0.353 e. The van der Waals surface area contributed by atoms with Gasteiger partial charge >= 0.3 is 0 Å². The number of anilines is 1. The maximum Gasteiger partial charge on any atom is 0.243 e. The van der Waals surface area contributed by atoms with Crippen molar-refractivity contribution in [3.8, 4) is 6.07 Å². The van der Waals surface area contributed by atoms with Crippen LogP contribution in [0.1, 0.15) is 5.56 Å². The molecule has 4 rings (SSSR count). The number of nitrogens with zero attached hydrogens (tertiary/aromatic N) is 5. The number of benzene rings is 2. The van der Waals surface area contributed by atoms with Crippen LogP contribution in [0.25, 0.3) is 10.9 Å². The normalized spacial score (nSPS) is 15.5. The first-order valence-electron chi connectivity index (χ1n) is 8.66. The Morgan fingerprint density at radius 1 is 0.964 bits per heavy atom. The Balaban J connectivity index is 1.56. The minimum absolute atomic E-state index is 0.168. The fraction of sp³-hybridized carbons (Fsp3) is 0.211. The van der Waals surface area contributed by atoms with Crippen LogP contribution < -0.4 is 4.90 Å². The van der Waals surface area contributed by atoms with E-state index in [2.05, 4.69) is 9.97 Å². The van der Waals surface area contributed by atoms with E-state index in [1.807, 2.05) is 35.2 Å². The monoisotopic (exact) mass is 413 g/mol. The maximum absolute atomic E-state index is 12.9. The van der Waals surface area contributed by atoms with Crippen molar-refractivity contribution in [2.45, 2.75) is 4.90 Å².